The number of benzene rings is 1. The van der Waals surface area contributed by atoms with Crippen molar-refractivity contribution in [3.05, 3.63) is 29.6 Å². The van der Waals surface area contributed by atoms with E-state index in [2.05, 4.69) is 4.98 Å². The number of hydrogen-bond donors (Lipinski definition) is 0. The zero-order valence-corrected chi connectivity index (χ0v) is 25.0. The van der Waals surface area contributed by atoms with E-state index in [1.165, 1.54) is 12.0 Å². The maximum atomic E-state index is 14.3. The number of unbranched alkanes of at least 4 members (excludes halogenated alkanes) is 1. The summed E-state index contributed by atoms with van der Waals surface area (Å²) in [4.78, 5) is 47.5. The van der Waals surface area contributed by atoms with Crippen LogP contribution in [0, 0.1) is 23.5 Å². The Morgan fingerprint density at radius 3 is 2.39 bits per heavy atom. The number of ether oxygens (including phenoxy) is 3. The first kappa shape index (κ1) is 32.2. The Hall–Kier alpha value is -3.28. The summed E-state index contributed by atoms with van der Waals surface area (Å²) in [5, 5.41) is 0. The monoisotopic (exact) mass is 580 g/mol. The Kier molecular flexibility index (Phi) is 10.7. The van der Waals surface area contributed by atoms with E-state index in [-0.39, 0.29) is 36.8 Å². The predicted octanol–water partition coefficient (Wildman–Crippen LogP) is 4.64. The van der Waals surface area contributed by atoms with Crippen molar-refractivity contribution in [1.29, 1.82) is 0 Å². The molecule has 1 aliphatic rings. The van der Waals surface area contributed by atoms with E-state index in [0.29, 0.717) is 38.1 Å². The summed E-state index contributed by atoms with van der Waals surface area (Å²) in [5.41, 5.74) is -0.285. The molecule has 10 nitrogen and oxygen atoms in total. The summed E-state index contributed by atoms with van der Waals surface area (Å²) in [6.07, 6.45) is 0.979. The average molecular weight is 581 g/mol. The summed E-state index contributed by atoms with van der Waals surface area (Å²) in [6.45, 7) is 10.5. The lowest BCUT2D eigenvalue weighted by molar-refractivity contribution is -0.148. The fourth-order valence-electron chi connectivity index (χ4n) is 5.06. The second-order valence-corrected chi connectivity index (χ2v) is 11.9. The van der Waals surface area contributed by atoms with Gasteiger partial charge in [-0.1, -0.05) is 13.8 Å². The topological polar surface area (TPSA) is 103 Å². The van der Waals surface area contributed by atoms with Crippen LogP contribution in [0.1, 0.15) is 64.5 Å². The predicted molar refractivity (Wildman–Crippen MR) is 148 cm³/mol. The minimum absolute atomic E-state index is 0.0295. The molecule has 0 aliphatic carbocycles. The van der Waals surface area contributed by atoms with E-state index in [9.17, 15) is 23.2 Å². The van der Waals surface area contributed by atoms with Gasteiger partial charge in [0.1, 0.15) is 5.60 Å². The quantitative estimate of drug-likeness (QED) is 0.298. The Bertz CT molecular complexity index is 1240. The molecule has 2 aromatic rings. The molecule has 41 heavy (non-hydrogen) atoms. The van der Waals surface area contributed by atoms with Crippen LogP contribution in [0.25, 0.3) is 11.0 Å². The Morgan fingerprint density at radius 1 is 1.10 bits per heavy atom. The number of likely N-dealkylation sites (tertiary alicyclic amines) is 1. The molecular formula is C29H42F2N4O6. The molecule has 2 heterocycles. The molecule has 1 aliphatic heterocycles. The fourth-order valence-corrected chi connectivity index (χ4v) is 5.06. The molecule has 0 unspecified atom stereocenters. The van der Waals surface area contributed by atoms with Gasteiger partial charge in [-0.25, -0.2) is 18.6 Å². The van der Waals surface area contributed by atoms with E-state index < -0.39 is 47.2 Å². The van der Waals surface area contributed by atoms with Gasteiger partial charge in [-0.15, -0.1) is 0 Å². The molecule has 0 bridgehead atoms. The van der Waals surface area contributed by atoms with Gasteiger partial charge in [0, 0.05) is 52.0 Å². The number of esters is 1. The van der Waals surface area contributed by atoms with Gasteiger partial charge in [0.15, 0.2) is 17.5 Å². The average Bonchev–Trinajstić information content (AvgIpc) is 3.24. The molecule has 0 N–H and O–H groups in total. The molecule has 12 heteroatoms. The number of nitrogens with zero attached hydrogens (tertiary/aromatic N) is 4. The molecule has 1 fully saturated rings. The molecule has 0 radical (unpaired) electrons. The minimum atomic E-state index is -1.05. The summed E-state index contributed by atoms with van der Waals surface area (Å²) in [7, 11) is 2.88. The van der Waals surface area contributed by atoms with Gasteiger partial charge in [0.25, 0.3) is 5.91 Å². The first-order valence-corrected chi connectivity index (χ1v) is 14.0. The largest absolute Gasteiger partial charge is 0.469 e. The highest BCUT2D eigenvalue weighted by atomic mass is 19.2. The maximum Gasteiger partial charge on any atom is 0.410 e. The first-order valence-electron chi connectivity index (χ1n) is 14.0. The smallest absolute Gasteiger partial charge is 0.410 e. The summed E-state index contributed by atoms with van der Waals surface area (Å²) >= 11 is 0. The van der Waals surface area contributed by atoms with Gasteiger partial charge in [-0.3, -0.25) is 9.59 Å². The number of aryl methyl sites for hydroxylation is 1. The molecule has 2 atom stereocenters. The molecule has 1 saturated heterocycles. The zero-order chi connectivity index (χ0) is 30.5. The lowest BCUT2D eigenvalue weighted by Gasteiger charge is -2.42. The molecule has 0 saturated carbocycles. The van der Waals surface area contributed by atoms with E-state index in [0.717, 1.165) is 12.1 Å². The highest BCUT2D eigenvalue weighted by Crippen LogP contribution is 2.28. The number of hydrogen-bond acceptors (Lipinski definition) is 7. The van der Waals surface area contributed by atoms with Crippen molar-refractivity contribution in [3.8, 4) is 0 Å². The van der Waals surface area contributed by atoms with Crippen molar-refractivity contribution in [2.24, 2.45) is 11.8 Å². The van der Waals surface area contributed by atoms with Crippen LogP contribution in [0.4, 0.5) is 13.6 Å². The number of rotatable bonds is 10. The third-order valence-electron chi connectivity index (χ3n) is 6.84. The van der Waals surface area contributed by atoms with Crippen molar-refractivity contribution >= 4 is 29.0 Å². The van der Waals surface area contributed by atoms with Crippen LogP contribution in [-0.4, -0.2) is 89.4 Å². The van der Waals surface area contributed by atoms with Gasteiger partial charge in [-0.2, -0.15) is 0 Å². The van der Waals surface area contributed by atoms with E-state index in [1.807, 2.05) is 13.8 Å². The van der Waals surface area contributed by atoms with Crippen molar-refractivity contribution < 1.29 is 37.4 Å². The summed E-state index contributed by atoms with van der Waals surface area (Å²) in [5.74, 6) is -3.65. The van der Waals surface area contributed by atoms with Crippen LogP contribution in [-0.2, 0) is 25.5 Å². The third kappa shape index (κ3) is 8.15. The number of aromatic nitrogens is 2. The number of amides is 2. The maximum absolute atomic E-state index is 14.3. The van der Waals surface area contributed by atoms with E-state index >= 15 is 0 Å². The molecular weight excluding hydrogens is 538 g/mol. The van der Waals surface area contributed by atoms with Crippen molar-refractivity contribution in [1.82, 2.24) is 19.4 Å². The van der Waals surface area contributed by atoms with Crippen LogP contribution >= 0.6 is 0 Å². The molecule has 228 valence electrons. The second kappa shape index (κ2) is 13.6. The lowest BCUT2D eigenvalue weighted by atomic mass is 9.92. The molecule has 1 aromatic heterocycles. The van der Waals surface area contributed by atoms with Gasteiger partial charge in [0.05, 0.1) is 30.1 Å². The fraction of sp³-hybridized carbons (Fsp3) is 0.655. The second-order valence-electron chi connectivity index (χ2n) is 11.9. The standard InChI is InChI=1S/C29H42F2N4O6/c1-18(2)15-35(20-12-19(27(37)40-7)16-33(17-20)28(38)41-29(3,4)5)26(36)25-32-23-13-21(30)22(31)14-24(23)34(25)10-8-9-11-39-6/h13-14,18-20H,8-12,15-17H2,1-7H3/t19-,20+/m1/s1. The molecule has 1 aromatic carbocycles. The van der Waals surface area contributed by atoms with Gasteiger partial charge >= 0.3 is 12.1 Å². The number of carbonyl (C=O) groups excluding carboxylic acids is 3. The SMILES string of the molecule is COCCCCn1c(C(=O)N(CC(C)C)[C@H]2C[C@@H](C(=O)OC)CN(C(=O)OC(C)(C)C)C2)nc2cc(F)c(F)cc21. The first-order chi connectivity index (χ1) is 19.2. The van der Waals surface area contributed by atoms with Crippen molar-refractivity contribution in [2.75, 3.05) is 40.5 Å². The number of methoxy groups -OCH3 is 2. The summed E-state index contributed by atoms with van der Waals surface area (Å²) in [6, 6.07) is 1.47. The number of halogens is 2. The van der Waals surface area contributed by atoms with Crippen LogP contribution in [0.15, 0.2) is 12.1 Å². The highest BCUT2D eigenvalue weighted by Gasteiger charge is 2.41. The molecule has 2 amide bonds. The van der Waals surface area contributed by atoms with Crippen molar-refractivity contribution in [3.63, 3.8) is 0 Å². The number of imidazole rings is 1. The molecule has 3 rings (SSSR count). The molecule has 0 spiro atoms. The number of fused-ring (bicyclic) bond motifs is 1. The van der Waals surface area contributed by atoms with Crippen LogP contribution < -0.4 is 0 Å². The highest BCUT2D eigenvalue weighted by molar-refractivity contribution is 5.95. The number of carbonyl (C=O) groups is 3. The van der Waals surface area contributed by atoms with Crippen LogP contribution in [0.2, 0.25) is 0 Å². The Labute approximate surface area is 239 Å². The lowest BCUT2D eigenvalue weighted by Crippen LogP contribution is -2.57. The Balaban J connectivity index is 2.04. The zero-order valence-electron chi connectivity index (χ0n) is 25.0. The van der Waals surface area contributed by atoms with Gasteiger partial charge < -0.3 is 28.6 Å². The number of piperidine rings is 1. The Morgan fingerprint density at radius 2 is 1.78 bits per heavy atom. The normalized spacial score (nSPS) is 17.7. The minimum Gasteiger partial charge on any atom is -0.469 e. The van der Waals surface area contributed by atoms with Crippen LogP contribution in [0.5, 0.6) is 0 Å². The third-order valence-corrected chi connectivity index (χ3v) is 6.84. The van der Waals surface area contributed by atoms with Gasteiger partial charge in [0.2, 0.25) is 0 Å². The van der Waals surface area contributed by atoms with Gasteiger partial charge in [-0.05, 0) is 46.0 Å². The van der Waals surface area contributed by atoms with E-state index in [4.69, 9.17) is 14.2 Å². The summed E-state index contributed by atoms with van der Waals surface area (Å²) < 4.78 is 45.7. The van der Waals surface area contributed by atoms with Crippen molar-refractivity contribution in [2.45, 2.75) is 72.1 Å². The van der Waals surface area contributed by atoms with E-state index in [1.54, 1.807) is 37.3 Å². The van der Waals surface area contributed by atoms with Crippen LogP contribution in [0.3, 0.4) is 0 Å².